The molecule has 2 atom stereocenters. The molecule has 1 aromatic rings. The van der Waals surface area contributed by atoms with Gasteiger partial charge >= 0.3 is 0 Å². The van der Waals surface area contributed by atoms with E-state index in [1.54, 1.807) is 6.07 Å². The highest BCUT2D eigenvalue weighted by Gasteiger charge is 2.29. The average Bonchev–Trinajstić information content (AvgIpc) is 3.14. The number of hydrogen-bond donors (Lipinski definition) is 2. The molecule has 4 heteroatoms. The van der Waals surface area contributed by atoms with E-state index in [2.05, 4.69) is 5.32 Å². The van der Waals surface area contributed by atoms with Gasteiger partial charge in [0.15, 0.2) is 11.6 Å². The molecule has 3 rings (SSSR count). The zero-order valence-electron chi connectivity index (χ0n) is 10.9. The van der Waals surface area contributed by atoms with Crippen LogP contribution < -0.4 is 10.1 Å². The van der Waals surface area contributed by atoms with E-state index in [-0.39, 0.29) is 11.9 Å². The van der Waals surface area contributed by atoms with Crippen LogP contribution in [-0.4, -0.2) is 23.4 Å². The lowest BCUT2D eigenvalue weighted by Crippen LogP contribution is -2.27. The van der Waals surface area contributed by atoms with Gasteiger partial charge < -0.3 is 15.2 Å². The minimum absolute atomic E-state index is 0.267. The van der Waals surface area contributed by atoms with Crippen LogP contribution in [0.1, 0.15) is 37.7 Å². The number of benzene rings is 1. The quantitative estimate of drug-likeness (QED) is 0.859. The van der Waals surface area contributed by atoms with E-state index >= 15 is 0 Å². The second-order valence-electron chi connectivity index (χ2n) is 5.54. The van der Waals surface area contributed by atoms with Crippen molar-refractivity contribution in [2.75, 3.05) is 0 Å². The maximum Gasteiger partial charge on any atom is 0.165 e. The molecule has 0 spiro atoms. The van der Waals surface area contributed by atoms with Gasteiger partial charge in [-0.1, -0.05) is 12.1 Å². The molecule has 2 unspecified atom stereocenters. The van der Waals surface area contributed by atoms with Crippen LogP contribution in [0.25, 0.3) is 0 Å². The van der Waals surface area contributed by atoms with Crippen LogP contribution >= 0.6 is 0 Å². The predicted molar refractivity (Wildman–Crippen MR) is 70.5 cm³/mol. The van der Waals surface area contributed by atoms with Gasteiger partial charge in [-0.2, -0.15) is 0 Å². The van der Waals surface area contributed by atoms with E-state index in [1.807, 2.05) is 6.07 Å². The number of para-hydroxylation sites is 1. The summed E-state index contributed by atoms with van der Waals surface area (Å²) in [6.07, 6.45) is 4.15. The molecule has 0 aliphatic heterocycles. The fourth-order valence-electron chi connectivity index (χ4n) is 2.56. The van der Waals surface area contributed by atoms with Gasteiger partial charge in [0.1, 0.15) is 6.10 Å². The number of aliphatic hydroxyl groups is 1. The largest absolute Gasteiger partial charge is 0.484 e. The molecule has 2 aliphatic rings. The van der Waals surface area contributed by atoms with Crippen molar-refractivity contribution < 1.29 is 14.2 Å². The van der Waals surface area contributed by atoms with E-state index < -0.39 is 6.10 Å². The van der Waals surface area contributed by atoms with Crippen molar-refractivity contribution in [2.45, 2.75) is 56.9 Å². The van der Waals surface area contributed by atoms with Crippen LogP contribution in [0, 0.1) is 5.82 Å². The third kappa shape index (κ3) is 3.07. The first-order valence-electron chi connectivity index (χ1n) is 7.09. The van der Waals surface area contributed by atoms with Crippen molar-refractivity contribution in [1.29, 1.82) is 0 Å². The first kappa shape index (κ1) is 12.9. The number of aliphatic hydroxyl groups excluding tert-OH is 1. The van der Waals surface area contributed by atoms with Gasteiger partial charge in [-0.3, -0.25) is 0 Å². The Labute approximate surface area is 112 Å². The Morgan fingerprint density at radius 1 is 1.26 bits per heavy atom. The van der Waals surface area contributed by atoms with Crippen molar-refractivity contribution in [3.8, 4) is 5.75 Å². The molecule has 2 fully saturated rings. The summed E-state index contributed by atoms with van der Waals surface area (Å²) in [5.41, 5.74) is 0.839. The number of halogens is 1. The first-order valence-corrected chi connectivity index (χ1v) is 7.09. The van der Waals surface area contributed by atoms with Gasteiger partial charge in [0.05, 0.1) is 6.10 Å². The molecule has 0 aromatic heterocycles. The SMILES string of the molecule is OC1CCCC1Oc1c(F)cccc1CNC1CC1. The highest BCUT2D eigenvalue weighted by Crippen LogP contribution is 2.30. The van der Waals surface area contributed by atoms with Crippen molar-refractivity contribution >= 4 is 0 Å². The van der Waals surface area contributed by atoms with Gasteiger partial charge in [-0.25, -0.2) is 4.39 Å². The van der Waals surface area contributed by atoms with E-state index in [0.29, 0.717) is 18.3 Å². The average molecular weight is 265 g/mol. The molecule has 0 heterocycles. The third-order valence-corrected chi connectivity index (χ3v) is 3.89. The van der Waals surface area contributed by atoms with Gasteiger partial charge in [-0.15, -0.1) is 0 Å². The van der Waals surface area contributed by atoms with Crippen LogP contribution in [0.4, 0.5) is 4.39 Å². The minimum atomic E-state index is -0.469. The van der Waals surface area contributed by atoms with E-state index in [1.165, 1.54) is 18.9 Å². The zero-order chi connectivity index (χ0) is 13.2. The Kier molecular flexibility index (Phi) is 3.71. The lowest BCUT2D eigenvalue weighted by Gasteiger charge is -2.20. The number of hydrogen-bond acceptors (Lipinski definition) is 3. The predicted octanol–water partition coefficient (Wildman–Crippen LogP) is 2.37. The molecular formula is C15H20FNO2. The molecule has 0 radical (unpaired) electrons. The Morgan fingerprint density at radius 3 is 2.79 bits per heavy atom. The van der Waals surface area contributed by atoms with Crippen LogP contribution in [0.3, 0.4) is 0 Å². The number of rotatable bonds is 5. The van der Waals surface area contributed by atoms with Gasteiger partial charge in [0.25, 0.3) is 0 Å². The third-order valence-electron chi connectivity index (χ3n) is 3.89. The molecule has 2 aliphatic carbocycles. The summed E-state index contributed by atoms with van der Waals surface area (Å²) < 4.78 is 19.7. The standard InChI is InChI=1S/C15H20FNO2/c16-12-4-1-3-10(9-17-11-7-8-11)15(12)19-14-6-2-5-13(14)18/h1,3-4,11,13-14,17-18H,2,5-9H2. The number of ether oxygens (including phenoxy) is 1. The Bertz CT molecular complexity index is 448. The van der Waals surface area contributed by atoms with Crippen molar-refractivity contribution in [2.24, 2.45) is 0 Å². The second-order valence-corrected chi connectivity index (χ2v) is 5.54. The minimum Gasteiger partial charge on any atom is -0.484 e. The maximum atomic E-state index is 13.9. The molecule has 3 nitrogen and oxygen atoms in total. The van der Waals surface area contributed by atoms with Crippen LogP contribution in [-0.2, 0) is 6.54 Å². The summed E-state index contributed by atoms with van der Waals surface area (Å²) in [6.45, 7) is 0.626. The maximum absolute atomic E-state index is 13.9. The molecule has 2 saturated carbocycles. The fraction of sp³-hybridized carbons (Fsp3) is 0.600. The van der Waals surface area contributed by atoms with Gasteiger partial charge in [0.2, 0.25) is 0 Å². The molecular weight excluding hydrogens is 245 g/mol. The normalized spacial score (nSPS) is 26.6. The molecule has 1 aromatic carbocycles. The molecule has 0 bridgehead atoms. The summed E-state index contributed by atoms with van der Waals surface area (Å²) in [5.74, 6) is -0.0317. The highest BCUT2D eigenvalue weighted by atomic mass is 19.1. The summed E-state index contributed by atoms with van der Waals surface area (Å²) >= 11 is 0. The first-order chi connectivity index (χ1) is 9.24. The molecule has 0 saturated heterocycles. The number of nitrogens with one attached hydrogen (secondary N) is 1. The molecule has 104 valence electrons. The summed E-state index contributed by atoms with van der Waals surface area (Å²) in [5, 5.41) is 13.2. The molecule has 0 amide bonds. The Balaban J connectivity index is 1.73. The zero-order valence-corrected chi connectivity index (χ0v) is 10.9. The Morgan fingerprint density at radius 2 is 2.11 bits per heavy atom. The highest BCUT2D eigenvalue weighted by molar-refractivity contribution is 5.35. The fourth-order valence-corrected chi connectivity index (χ4v) is 2.56. The van der Waals surface area contributed by atoms with E-state index in [4.69, 9.17) is 4.74 Å². The van der Waals surface area contributed by atoms with Crippen LogP contribution in [0.15, 0.2) is 18.2 Å². The Hall–Kier alpha value is -1.13. The second kappa shape index (κ2) is 5.47. The van der Waals surface area contributed by atoms with Gasteiger partial charge in [-0.05, 0) is 38.2 Å². The summed E-state index contributed by atoms with van der Waals surface area (Å²) in [4.78, 5) is 0. The van der Waals surface area contributed by atoms with E-state index in [0.717, 1.165) is 24.8 Å². The van der Waals surface area contributed by atoms with Gasteiger partial charge in [0, 0.05) is 18.2 Å². The van der Waals surface area contributed by atoms with Crippen LogP contribution in [0.2, 0.25) is 0 Å². The summed E-state index contributed by atoms with van der Waals surface area (Å²) in [7, 11) is 0. The van der Waals surface area contributed by atoms with Crippen molar-refractivity contribution in [3.63, 3.8) is 0 Å². The van der Waals surface area contributed by atoms with Crippen molar-refractivity contribution in [1.82, 2.24) is 5.32 Å². The molecule has 19 heavy (non-hydrogen) atoms. The topological polar surface area (TPSA) is 41.5 Å². The van der Waals surface area contributed by atoms with E-state index in [9.17, 15) is 9.50 Å². The monoisotopic (exact) mass is 265 g/mol. The lowest BCUT2D eigenvalue weighted by atomic mass is 10.1. The lowest BCUT2D eigenvalue weighted by molar-refractivity contribution is 0.0571. The molecule has 2 N–H and O–H groups in total. The van der Waals surface area contributed by atoms with Crippen LogP contribution in [0.5, 0.6) is 5.75 Å². The smallest absolute Gasteiger partial charge is 0.165 e. The van der Waals surface area contributed by atoms with Crippen molar-refractivity contribution in [3.05, 3.63) is 29.6 Å². The summed E-state index contributed by atoms with van der Waals surface area (Å²) in [6, 6.07) is 5.58.